The molecule has 138 valence electrons. The summed E-state index contributed by atoms with van der Waals surface area (Å²) in [6, 6.07) is 0.328. The highest BCUT2D eigenvalue weighted by Gasteiger charge is 2.35. The fourth-order valence-electron chi connectivity index (χ4n) is 4.03. The lowest BCUT2D eigenvalue weighted by Gasteiger charge is -2.31. The smallest absolute Gasteiger partial charge is 0.241 e. The van der Waals surface area contributed by atoms with Crippen LogP contribution >= 0.6 is 0 Å². The maximum absolute atomic E-state index is 12.6. The second-order valence-corrected chi connectivity index (χ2v) is 7.33. The summed E-state index contributed by atoms with van der Waals surface area (Å²) in [6.07, 6.45) is 9.57. The molecular formula is C18H29N5O2. The van der Waals surface area contributed by atoms with E-state index in [-0.39, 0.29) is 30.2 Å². The highest BCUT2D eigenvalue weighted by molar-refractivity contribution is 5.86. The highest BCUT2D eigenvalue weighted by atomic mass is 16.2. The van der Waals surface area contributed by atoms with Crippen LogP contribution in [-0.4, -0.2) is 59.2 Å². The van der Waals surface area contributed by atoms with Gasteiger partial charge in [0.25, 0.3) is 0 Å². The van der Waals surface area contributed by atoms with Crippen LogP contribution in [0.5, 0.6) is 0 Å². The van der Waals surface area contributed by atoms with Crippen molar-refractivity contribution in [3.8, 4) is 0 Å². The molecule has 1 aliphatic carbocycles. The van der Waals surface area contributed by atoms with E-state index in [1.165, 1.54) is 19.3 Å². The van der Waals surface area contributed by atoms with Gasteiger partial charge >= 0.3 is 0 Å². The molecular weight excluding hydrogens is 318 g/mol. The Labute approximate surface area is 149 Å². The Bertz CT molecular complexity index is 608. The average molecular weight is 347 g/mol. The molecule has 2 atom stereocenters. The summed E-state index contributed by atoms with van der Waals surface area (Å²) in [6.45, 7) is 1.49. The van der Waals surface area contributed by atoms with Crippen LogP contribution in [0.2, 0.25) is 0 Å². The molecule has 7 nitrogen and oxygen atoms in total. The van der Waals surface area contributed by atoms with Gasteiger partial charge in [-0.25, -0.2) is 0 Å². The lowest BCUT2D eigenvalue weighted by Crippen LogP contribution is -2.45. The van der Waals surface area contributed by atoms with E-state index >= 15 is 0 Å². The zero-order valence-electron chi connectivity index (χ0n) is 15.2. The number of rotatable bonds is 5. The molecule has 3 rings (SSSR count). The molecule has 1 aliphatic heterocycles. The van der Waals surface area contributed by atoms with Crippen LogP contribution < -0.4 is 10.6 Å². The molecule has 0 aromatic carbocycles. The Morgan fingerprint density at radius 3 is 2.76 bits per heavy atom. The Hall–Kier alpha value is -1.89. The summed E-state index contributed by atoms with van der Waals surface area (Å²) < 4.78 is 1.76. The molecule has 0 bridgehead atoms. The molecule has 1 saturated carbocycles. The molecule has 1 saturated heterocycles. The van der Waals surface area contributed by atoms with Gasteiger partial charge in [-0.1, -0.05) is 19.3 Å². The summed E-state index contributed by atoms with van der Waals surface area (Å²) in [5, 5.41) is 10.3. The minimum atomic E-state index is -0.156. The normalized spacial score (nSPS) is 24.2. The monoisotopic (exact) mass is 347 g/mol. The molecule has 7 heteroatoms. The van der Waals surface area contributed by atoms with Gasteiger partial charge in [0, 0.05) is 45.3 Å². The van der Waals surface area contributed by atoms with Crippen LogP contribution in [0.4, 0.5) is 0 Å². The molecule has 1 aromatic rings. The van der Waals surface area contributed by atoms with Crippen LogP contribution in [-0.2, 0) is 16.6 Å². The van der Waals surface area contributed by atoms with Crippen LogP contribution in [0.15, 0.2) is 12.4 Å². The predicted molar refractivity (Wildman–Crippen MR) is 95.0 cm³/mol. The summed E-state index contributed by atoms with van der Waals surface area (Å²) in [5.74, 6) is -0.0924. The topological polar surface area (TPSA) is 79.3 Å². The van der Waals surface area contributed by atoms with Crippen LogP contribution in [0, 0.1) is 5.92 Å². The van der Waals surface area contributed by atoms with E-state index in [0.29, 0.717) is 12.6 Å². The van der Waals surface area contributed by atoms with Gasteiger partial charge in [-0.2, -0.15) is 5.10 Å². The van der Waals surface area contributed by atoms with Crippen LogP contribution in [0.25, 0.3) is 0 Å². The Balaban J connectivity index is 1.52. The van der Waals surface area contributed by atoms with Gasteiger partial charge in [0.15, 0.2) is 0 Å². The molecule has 0 spiro atoms. The molecule has 2 heterocycles. The average Bonchev–Trinajstić information content (AvgIpc) is 3.28. The quantitative estimate of drug-likeness (QED) is 0.819. The third-order valence-electron chi connectivity index (χ3n) is 5.63. The summed E-state index contributed by atoms with van der Waals surface area (Å²) in [4.78, 5) is 26.8. The van der Waals surface area contributed by atoms with Gasteiger partial charge in [0.05, 0.1) is 18.7 Å². The van der Waals surface area contributed by atoms with Crippen molar-refractivity contribution in [1.82, 2.24) is 25.3 Å². The third-order valence-corrected chi connectivity index (χ3v) is 5.63. The number of nitrogens with zero attached hydrogens (tertiary/aromatic N) is 3. The minimum absolute atomic E-state index is 0.00383. The van der Waals surface area contributed by atoms with Gasteiger partial charge in [-0.3, -0.25) is 14.3 Å². The third kappa shape index (κ3) is 4.21. The van der Waals surface area contributed by atoms with E-state index in [4.69, 9.17) is 0 Å². The number of carbonyl (C=O) groups excluding carboxylic acids is 2. The molecule has 25 heavy (non-hydrogen) atoms. The van der Waals surface area contributed by atoms with Crippen molar-refractivity contribution in [2.75, 3.05) is 26.7 Å². The van der Waals surface area contributed by atoms with E-state index < -0.39 is 0 Å². The number of aromatic nitrogens is 2. The number of hydrogen-bond donors (Lipinski definition) is 2. The van der Waals surface area contributed by atoms with E-state index in [9.17, 15) is 9.59 Å². The van der Waals surface area contributed by atoms with Crippen molar-refractivity contribution >= 4 is 11.8 Å². The minimum Gasteiger partial charge on any atom is -0.347 e. The second kappa shape index (κ2) is 7.99. The van der Waals surface area contributed by atoms with Crippen molar-refractivity contribution in [1.29, 1.82) is 0 Å². The number of amides is 2. The SMILES string of the molecule is CN(C(=O)CNC(=O)[C@H]1CNC[C@@H]1c1cnn(C)c1)C1CCCCC1. The fourth-order valence-corrected chi connectivity index (χ4v) is 4.03. The zero-order chi connectivity index (χ0) is 17.8. The van der Waals surface area contributed by atoms with E-state index in [1.54, 1.807) is 4.68 Å². The maximum atomic E-state index is 12.6. The first-order valence-corrected chi connectivity index (χ1v) is 9.29. The first-order chi connectivity index (χ1) is 12.1. The van der Waals surface area contributed by atoms with Gasteiger partial charge < -0.3 is 15.5 Å². The van der Waals surface area contributed by atoms with Gasteiger partial charge in [0.2, 0.25) is 11.8 Å². The summed E-state index contributed by atoms with van der Waals surface area (Å²) >= 11 is 0. The van der Waals surface area contributed by atoms with Crippen molar-refractivity contribution in [2.24, 2.45) is 13.0 Å². The standard InChI is InChI=1S/C18H29N5O2/c1-22-12-13(8-21-22)15-9-19-10-16(15)18(25)20-11-17(24)23(2)14-6-4-3-5-7-14/h8,12,14-16,19H,3-7,9-11H2,1-2H3,(H,20,25)/t15-,16+/m1/s1. The molecule has 2 fully saturated rings. The molecule has 0 unspecified atom stereocenters. The molecule has 1 aromatic heterocycles. The fraction of sp³-hybridized carbons (Fsp3) is 0.722. The largest absolute Gasteiger partial charge is 0.347 e. The van der Waals surface area contributed by atoms with Crippen LogP contribution in [0.1, 0.15) is 43.6 Å². The maximum Gasteiger partial charge on any atom is 0.241 e. The number of carbonyl (C=O) groups is 2. The lowest BCUT2D eigenvalue weighted by atomic mass is 9.90. The van der Waals surface area contributed by atoms with E-state index in [1.807, 2.05) is 31.4 Å². The van der Waals surface area contributed by atoms with E-state index in [2.05, 4.69) is 15.7 Å². The molecule has 2 aliphatic rings. The van der Waals surface area contributed by atoms with Gasteiger partial charge in [0.1, 0.15) is 0 Å². The lowest BCUT2D eigenvalue weighted by molar-refractivity contribution is -0.134. The number of likely N-dealkylation sites (N-methyl/N-ethyl adjacent to an activating group) is 1. The number of aryl methyl sites for hydroxylation is 1. The first kappa shape index (κ1) is 17.9. The highest BCUT2D eigenvalue weighted by Crippen LogP contribution is 2.28. The molecule has 2 amide bonds. The predicted octanol–water partition coefficient (Wildman–Crippen LogP) is 0.630. The number of hydrogen-bond acceptors (Lipinski definition) is 4. The summed E-state index contributed by atoms with van der Waals surface area (Å²) in [7, 11) is 3.74. The second-order valence-electron chi connectivity index (χ2n) is 7.33. The van der Waals surface area contributed by atoms with Gasteiger partial charge in [-0.15, -0.1) is 0 Å². The van der Waals surface area contributed by atoms with Crippen molar-refractivity contribution < 1.29 is 9.59 Å². The van der Waals surface area contributed by atoms with Crippen molar-refractivity contribution in [2.45, 2.75) is 44.1 Å². The Kier molecular flexibility index (Phi) is 5.73. The zero-order valence-corrected chi connectivity index (χ0v) is 15.2. The first-order valence-electron chi connectivity index (χ1n) is 9.29. The van der Waals surface area contributed by atoms with E-state index in [0.717, 1.165) is 24.9 Å². The molecule has 2 N–H and O–H groups in total. The van der Waals surface area contributed by atoms with Gasteiger partial charge in [-0.05, 0) is 18.4 Å². The Morgan fingerprint density at radius 1 is 1.32 bits per heavy atom. The van der Waals surface area contributed by atoms with Crippen LogP contribution in [0.3, 0.4) is 0 Å². The Morgan fingerprint density at radius 2 is 2.08 bits per heavy atom. The van der Waals surface area contributed by atoms with Crippen molar-refractivity contribution in [3.63, 3.8) is 0 Å². The number of nitrogens with one attached hydrogen (secondary N) is 2. The molecule has 0 radical (unpaired) electrons. The van der Waals surface area contributed by atoms with Crippen molar-refractivity contribution in [3.05, 3.63) is 18.0 Å². The summed E-state index contributed by atoms with van der Waals surface area (Å²) in [5.41, 5.74) is 1.07.